The highest BCUT2D eigenvalue weighted by atomic mass is 16.6. The molecule has 0 radical (unpaired) electrons. The largest absolute Gasteiger partial charge is 0.495 e. The number of pyridine rings is 1. The van der Waals surface area contributed by atoms with Crippen molar-refractivity contribution in [3.05, 3.63) is 18.3 Å². The molecule has 0 unspecified atom stereocenters. The first kappa shape index (κ1) is 8.53. The molecule has 0 saturated carbocycles. The van der Waals surface area contributed by atoms with Crippen LogP contribution in [-0.2, 0) is 9.31 Å². The fourth-order valence-electron chi connectivity index (χ4n) is 1.24. The van der Waals surface area contributed by atoms with Crippen molar-refractivity contribution in [3.63, 3.8) is 0 Å². The summed E-state index contributed by atoms with van der Waals surface area (Å²) in [6, 6.07) is 3.86. The van der Waals surface area contributed by atoms with Crippen LogP contribution in [0.15, 0.2) is 18.3 Å². The Balaban J connectivity index is 2.12. The van der Waals surface area contributed by atoms with E-state index < -0.39 is 0 Å². The second-order valence-corrected chi connectivity index (χ2v) is 2.80. The van der Waals surface area contributed by atoms with Gasteiger partial charge in [-0.25, -0.2) is 4.98 Å². The number of nitrogens with one attached hydrogen (secondary N) is 1. The van der Waals surface area contributed by atoms with Crippen molar-refractivity contribution in [2.45, 2.75) is 0 Å². The molecule has 68 valence electrons. The Kier molecular flexibility index (Phi) is 2.47. The Morgan fingerprint density at radius 2 is 2.15 bits per heavy atom. The summed E-state index contributed by atoms with van der Waals surface area (Å²) in [5.41, 5.74) is 0.969. The van der Waals surface area contributed by atoms with Gasteiger partial charge in [-0.3, -0.25) is 0 Å². The Labute approximate surface area is 77.4 Å². The Bertz CT molecular complexity index is 272. The van der Waals surface area contributed by atoms with Crippen LogP contribution in [0.1, 0.15) is 0 Å². The van der Waals surface area contributed by atoms with Crippen molar-refractivity contribution in [1.82, 2.24) is 4.98 Å². The molecule has 2 heterocycles. The maximum Gasteiger partial charge on any atom is 0.495 e. The van der Waals surface area contributed by atoms with Crippen molar-refractivity contribution in [3.8, 4) is 0 Å². The maximum atomic E-state index is 5.33. The van der Waals surface area contributed by atoms with Crippen molar-refractivity contribution in [2.75, 3.05) is 25.6 Å². The van der Waals surface area contributed by atoms with Crippen LogP contribution in [-0.4, -0.2) is 32.4 Å². The SMILES string of the molecule is CNc1ccc(B2OCCO2)cn1. The van der Waals surface area contributed by atoms with E-state index in [4.69, 9.17) is 9.31 Å². The molecule has 1 aromatic rings. The first-order valence-corrected chi connectivity index (χ1v) is 4.27. The molecule has 0 spiro atoms. The van der Waals surface area contributed by atoms with Crippen LogP contribution in [0.3, 0.4) is 0 Å². The van der Waals surface area contributed by atoms with Crippen molar-refractivity contribution in [2.24, 2.45) is 0 Å². The molecular weight excluding hydrogens is 167 g/mol. The molecule has 1 saturated heterocycles. The third kappa shape index (κ3) is 1.81. The molecule has 1 aromatic heterocycles. The highest BCUT2D eigenvalue weighted by Crippen LogP contribution is 2.02. The first-order chi connectivity index (χ1) is 6.40. The molecule has 13 heavy (non-hydrogen) atoms. The van der Waals surface area contributed by atoms with Gasteiger partial charge in [0.15, 0.2) is 0 Å². The first-order valence-electron chi connectivity index (χ1n) is 4.27. The van der Waals surface area contributed by atoms with Gasteiger partial charge >= 0.3 is 7.12 Å². The van der Waals surface area contributed by atoms with Crippen molar-refractivity contribution in [1.29, 1.82) is 0 Å². The lowest BCUT2D eigenvalue weighted by molar-refractivity contribution is 0.365. The van der Waals surface area contributed by atoms with Gasteiger partial charge in [-0.15, -0.1) is 0 Å². The summed E-state index contributed by atoms with van der Waals surface area (Å²) in [5, 5.41) is 2.95. The fraction of sp³-hybridized carbons (Fsp3) is 0.375. The van der Waals surface area contributed by atoms with Gasteiger partial charge in [-0.05, 0) is 6.07 Å². The maximum absolute atomic E-state index is 5.33. The average molecular weight is 178 g/mol. The van der Waals surface area contributed by atoms with Gasteiger partial charge in [-0.1, -0.05) is 6.07 Å². The summed E-state index contributed by atoms with van der Waals surface area (Å²) < 4.78 is 10.7. The fourth-order valence-corrected chi connectivity index (χ4v) is 1.24. The molecular formula is C8H11BN2O2. The van der Waals surface area contributed by atoms with Gasteiger partial charge in [0.05, 0.1) is 13.2 Å². The lowest BCUT2D eigenvalue weighted by Gasteiger charge is -2.04. The van der Waals surface area contributed by atoms with Gasteiger partial charge < -0.3 is 14.6 Å². The lowest BCUT2D eigenvalue weighted by atomic mass is 9.81. The molecule has 0 aromatic carbocycles. The van der Waals surface area contributed by atoms with Gasteiger partial charge in [0.25, 0.3) is 0 Å². The van der Waals surface area contributed by atoms with Gasteiger partial charge in [-0.2, -0.15) is 0 Å². The minimum atomic E-state index is -0.224. The van der Waals surface area contributed by atoms with E-state index in [1.54, 1.807) is 6.20 Å². The van der Waals surface area contributed by atoms with E-state index in [-0.39, 0.29) is 7.12 Å². The monoisotopic (exact) mass is 178 g/mol. The Morgan fingerprint density at radius 3 is 2.69 bits per heavy atom. The Morgan fingerprint density at radius 1 is 1.38 bits per heavy atom. The minimum absolute atomic E-state index is 0.224. The predicted molar refractivity (Wildman–Crippen MR) is 51.1 cm³/mol. The minimum Gasteiger partial charge on any atom is -0.405 e. The van der Waals surface area contributed by atoms with E-state index in [1.165, 1.54) is 0 Å². The van der Waals surface area contributed by atoms with Crippen LogP contribution in [0.4, 0.5) is 5.82 Å². The summed E-state index contributed by atoms with van der Waals surface area (Å²) in [6.45, 7) is 1.33. The Hall–Kier alpha value is -1.07. The van der Waals surface area contributed by atoms with Gasteiger partial charge in [0.1, 0.15) is 5.82 Å². The normalized spacial score (nSPS) is 16.2. The van der Waals surface area contributed by atoms with E-state index >= 15 is 0 Å². The van der Waals surface area contributed by atoms with Gasteiger partial charge in [0.2, 0.25) is 0 Å². The van der Waals surface area contributed by atoms with E-state index in [1.807, 2.05) is 19.2 Å². The quantitative estimate of drug-likeness (QED) is 0.640. The van der Waals surface area contributed by atoms with E-state index in [0.717, 1.165) is 11.3 Å². The predicted octanol–water partition coefficient (Wildman–Crippen LogP) is -0.135. The summed E-state index contributed by atoms with van der Waals surface area (Å²) in [5.74, 6) is 0.849. The van der Waals surface area contributed by atoms with Crippen LogP contribution >= 0.6 is 0 Å². The number of hydrogen-bond donors (Lipinski definition) is 1. The van der Waals surface area contributed by atoms with E-state index in [0.29, 0.717) is 13.2 Å². The molecule has 4 nitrogen and oxygen atoms in total. The molecule has 1 aliphatic heterocycles. The molecule has 0 bridgehead atoms. The topological polar surface area (TPSA) is 43.4 Å². The highest BCUT2D eigenvalue weighted by Gasteiger charge is 2.26. The number of rotatable bonds is 2. The standard InChI is InChI=1S/C8H11BN2O2/c1-10-8-3-2-7(6-11-8)9-12-4-5-13-9/h2-3,6H,4-5H2,1H3,(H,10,11). The molecule has 1 N–H and O–H groups in total. The third-order valence-electron chi connectivity index (χ3n) is 1.94. The van der Waals surface area contributed by atoms with Crippen molar-refractivity contribution >= 4 is 18.4 Å². The van der Waals surface area contributed by atoms with Crippen LogP contribution in [0.2, 0.25) is 0 Å². The number of nitrogens with zero attached hydrogens (tertiary/aromatic N) is 1. The van der Waals surface area contributed by atoms with Crippen LogP contribution < -0.4 is 10.8 Å². The lowest BCUT2D eigenvalue weighted by Crippen LogP contribution is -2.31. The van der Waals surface area contributed by atoms with Gasteiger partial charge in [0, 0.05) is 18.7 Å². The van der Waals surface area contributed by atoms with Crippen LogP contribution in [0, 0.1) is 0 Å². The number of hydrogen-bond acceptors (Lipinski definition) is 4. The molecule has 0 amide bonds. The van der Waals surface area contributed by atoms with Crippen molar-refractivity contribution < 1.29 is 9.31 Å². The number of anilines is 1. The van der Waals surface area contributed by atoms with E-state index in [9.17, 15) is 0 Å². The zero-order valence-electron chi connectivity index (χ0n) is 7.49. The van der Waals surface area contributed by atoms with Crippen LogP contribution in [0.25, 0.3) is 0 Å². The highest BCUT2D eigenvalue weighted by molar-refractivity contribution is 6.61. The second-order valence-electron chi connectivity index (χ2n) is 2.80. The average Bonchev–Trinajstić information content (AvgIpc) is 2.71. The smallest absolute Gasteiger partial charge is 0.405 e. The number of aromatic nitrogens is 1. The zero-order valence-corrected chi connectivity index (χ0v) is 7.49. The zero-order chi connectivity index (χ0) is 9.10. The van der Waals surface area contributed by atoms with Crippen LogP contribution in [0.5, 0.6) is 0 Å². The summed E-state index contributed by atoms with van der Waals surface area (Å²) in [6.07, 6.45) is 1.77. The molecule has 5 heteroatoms. The second kappa shape index (κ2) is 3.76. The summed E-state index contributed by atoms with van der Waals surface area (Å²) in [7, 11) is 1.61. The molecule has 1 fully saturated rings. The summed E-state index contributed by atoms with van der Waals surface area (Å²) in [4.78, 5) is 4.17. The molecule has 2 rings (SSSR count). The molecule has 0 aliphatic carbocycles. The molecule has 1 aliphatic rings. The third-order valence-corrected chi connectivity index (χ3v) is 1.94. The summed E-state index contributed by atoms with van der Waals surface area (Å²) >= 11 is 0. The van der Waals surface area contributed by atoms with E-state index in [2.05, 4.69) is 10.3 Å². The molecule has 0 atom stereocenters.